The Hall–Kier alpha value is -10.3. The summed E-state index contributed by atoms with van der Waals surface area (Å²) in [5.41, 5.74) is 19.2. The number of anilines is 6. The molecule has 0 spiro atoms. The molecule has 4 fully saturated rings. The summed E-state index contributed by atoms with van der Waals surface area (Å²) in [6.45, 7) is 6.21. The van der Waals surface area contributed by atoms with Crippen LogP contribution >= 0.6 is 0 Å². The van der Waals surface area contributed by atoms with E-state index in [1.165, 1.54) is 65.0 Å². The summed E-state index contributed by atoms with van der Waals surface area (Å²) in [7, 11) is 12.3. The zero-order valence-electron chi connectivity index (χ0n) is 66.5. The predicted molar refractivity (Wildman–Crippen MR) is 457 cm³/mol. The first kappa shape index (κ1) is 80.7. The van der Waals surface area contributed by atoms with Crippen molar-refractivity contribution >= 4 is 70.2 Å². The molecule has 9 aromatic rings. The topological polar surface area (TPSA) is 114 Å². The van der Waals surface area contributed by atoms with Crippen LogP contribution in [0.25, 0.3) is 39.5 Å². The Bertz CT molecular complexity index is 4430. The van der Waals surface area contributed by atoms with E-state index >= 15 is 0 Å². The van der Waals surface area contributed by atoms with Crippen LogP contribution in [0.2, 0.25) is 0 Å². The van der Waals surface area contributed by atoms with Crippen LogP contribution in [0.3, 0.4) is 0 Å². The lowest BCUT2D eigenvalue weighted by molar-refractivity contribution is -0.151. The number of carbonyl (C=O) groups excluding carboxylic acids is 5. The van der Waals surface area contributed by atoms with Gasteiger partial charge in [0, 0.05) is 99.7 Å². The number of hydrogen-bond donors (Lipinski definition) is 0. The number of ether oxygens (including phenoxy) is 1. The average molecular weight is 1470 g/mol. The van der Waals surface area contributed by atoms with E-state index in [0.717, 1.165) is 165 Å². The van der Waals surface area contributed by atoms with Crippen molar-refractivity contribution in [2.75, 3.05) is 71.7 Å². The molecule has 4 aliphatic carbocycles. The zero-order valence-corrected chi connectivity index (χ0v) is 66.5. The van der Waals surface area contributed by atoms with E-state index in [0.29, 0.717) is 31.1 Å². The number of esters is 1. The maximum Gasteiger partial charge on any atom is 0.309 e. The molecule has 12 nitrogen and oxygen atoms in total. The Kier molecular flexibility index (Phi) is 29.6. The number of allylic oxidation sites excluding steroid dienone is 1. The number of benzene rings is 9. The Morgan fingerprint density at radius 1 is 0.336 bits per heavy atom. The van der Waals surface area contributed by atoms with Crippen LogP contribution in [0.5, 0.6) is 0 Å². The Morgan fingerprint density at radius 2 is 0.627 bits per heavy atom. The molecule has 0 radical (unpaired) electrons. The molecule has 110 heavy (non-hydrogen) atoms. The van der Waals surface area contributed by atoms with Gasteiger partial charge in [0.25, 0.3) is 0 Å². The molecular formula is C98H116N6O6. The SMILES string of the molecule is CC(C)/C=C/c1cccc(N(Cc2ccc(-c3ccc(N(C)C)cc3)cc2)C(=O)C2CCCCC2)c1.CN(C)c1ccc(-c2ccc(CN(C(=O)C3CCCCC3)c3cccc(C=O)c3)cc2)cc1.CN(C)c1ccc(-c2ccc(CN(C(=O)C3CCCCC3)c3cccc(COC(=O)C4CCCCC4)c3)cc2)cc1. The third kappa shape index (κ3) is 22.9. The summed E-state index contributed by atoms with van der Waals surface area (Å²) in [6.07, 6.45) is 26.7. The number of amides is 3. The van der Waals surface area contributed by atoms with Crippen LogP contribution in [-0.4, -0.2) is 72.3 Å². The van der Waals surface area contributed by atoms with Crippen molar-refractivity contribution < 1.29 is 28.7 Å². The number of hydrogen-bond acceptors (Lipinski definition) is 9. The molecule has 9 aromatic carbocycles. The van der Waals surface area contributed by atoms with Crippen molar-refractivity contribution in [3.05, 3.63) is 258 Å². The van der Waals surface area contributed by atoms with Crippen LogP contribution in [0, 0.1) is 29.6 Å². The van der Waals surface area contributed by atoms with E-state index in [4.69, 9.17) is 4.74 Å². The molecule has 0 N–H and O–H groups in total. The van der Waals surface area contributed by atoms with Gasteiger partial charge < -0.3 is 34.1 Å². The third-order valence-corrected chi connectivity index (χ3v) is 22.4. The van der Waals surface area contributed by atoms with Gasteiger partial charge in [0.15, 0.2) is 0 Å². The largest absolute Gasteiger partial charge is 0.461 e. The second kappa shape index (κ2) is 40.4. The molecule has 0 unspecified atom stereocenters. The first-order valence-corrected chi connectivity index (χ1v) is 40.6. The van der Waals surface area contributed by atoms with E-state index in [9.17, 15) is 24.0 Å². The molecule has 3 amide bonds. The van der Waals surface area contributed by atoms with Crippen LogP contribution in [0.1, 0.15) is 180 Å². The smallest absolute Gasteiger partial charge is 0.309 e. The lowest BCUT2D eigenvalue weighted by Crippen LogP contribution is -2.36. The van der Waals surface area contributed by atoms with Gasteiger partial charge >= 0.3 is 5.97 Å². The lowest BCUT2D eigenvalue weighted by Gasteiger charge is -2.30. The van der Waals surface area contributed by atoms with Gasteiger partial charge in [0.1, 0.15) is 12.9 Å². The minimum Gasteiger partial charge on any atom is -0.461 e. The van der Waals surface area contributed by atoms with Crippen LogP contribution in [0.15, 0.2) is 224 Å². The third-order valence-electron chi connectivity index (χ3n) is 22.4. The Balaban J connectivity index is 0.000000165. The fourth-order valence-corrected chi connectivity index (χ4v) is 15.7. The summed E-state index contributed by atoms with van der Waals surface area (Å²) < 4.78 is 5.73. The molecule has 4 aliphatic rings. The van der Waals surface area contributed by atoms with Crippen molar-refractivity contribution in [2.45, 2.75) is 169 Å². The van der Waals surface area contributed by atoms with Crippen molar-refractivity contribution in [3.8, 4) is 33.4 Å². The van der Waals surface area contributed by atoms with Gasteiger partial charge in [0.05, 0.1) is 25.6 Å². The van der Waals surface area contributed by atoms with E-state index < -0.39 is 0 Å². The summed E-state index contributed by atoms with van der Waals surface area (Å²) in [5.74, 6) is 1.33. The van der Waals surface area contributed by atoms with E-state index in [1.807, 2.05) is 85.4 Å². The summed E-state index contributed by atoms with van der Waals surface area (Å²) in [6, 6.07) is 75.1. The van der Waals surface area contributed by atoms with E-state index in [-0.39, 0.29) is 54.0 Å². The molecule has 0 bridgehead atoms. The highest BCUT2D eigenvalue weighted by Crippen LogP contribution is 2.36. The minimum absolute atomic E-state index is 0.0326. The van der Waals surface area contributed by atoms with Crippen LogP contribution in [-0.2, 0) is 50.2 Å². The molecule has 0 aliphatic heterocycles. The second-order valence-electron chi connectivity index (χ2n) is 31.7. The van der Waals surface area contributed by atoms with Gasteiger partial charge in [-0.3, -0.25) is 24.0 Å². The quantitative estimate of drug-likeness (QED) is 0.0431. The summed E-state index contributed by atoms with van der Waals surface area (Å²) in [5, 5.41) is 0. The maximum atomic E-state index is 13.9. The molecule has 13 rings (SSSR count). The molecule has 4 saturated carbocycles. The number of aldehydes is 1. The van der Waals surface area contributed by atoms with Gasteiger partial charge in [-0.05, 0) is 191 Å². The van der Waals surface area contributed by atoms with Gasteiger partial charge in [-0.15, -0.1) is 0 Å². The molecular weight excluding hydrogens is 1360 g/mol. The Labute approximate surface area is 656 Å². The fraction of sp³-hybridized carbons (Fsp3) is 0.378. The van der Waals surface area contributed by atoms with Crippen molar-refractivity contribution in [1.82, 2.24) is 0 Å². The zero-order chi connectivity index (χ0) is 77.3. The second-order valence-corrected chi connectivity index (χ2v) is 31.7. The summed E-state index contributed by atoms with van der Waals surface area (Å²) >= 11 is 0. The molecule has 0 atom stereocenters. The monoisotopic (exact) mass is 1470 g/mol. The van der Waals surface area contributed by atoms with Gasteiger partial charge in [-0.2, -0.15) is 0 Å². The van der Waals surface area contributed by atoms with E-state index in [2.05, 4.69) is 225 Å². The Morgan fingerprint density at radius 3 is 0.945 bits per heavy atom. The van der Waals surface area contributed by atoms with Crippen molar-refractivity contribution in [2.24, 2.45) is 29.6 Å². The number of rotatable bonds is 24. The number of nitrogens with zero attached hydrogens (tertiary/aromatic N) is 6. The lowest BCUT2D eigenvalue weighted by atomic mass is 9.88. The highest BCUT2D eigenvalue weighted by molar-refractivity contribution is 5.97. The summed E-state index contributed by atoms with van der Waals surface area (Å²) in [4.78, 5) is 77.3. The van der Waals surface area contributed by atoms with Gasteiger partial charge in [-0.25, -0.2) is 0 Å². The average Bonchev–Trinajstić information content (AvgIpc) is 0.826. The normalized spacial score (nSPS) is 15.0. The molecule has 0 aromatic heterocycles. The first-order chi connectivity index (χ1) is 53.4. The fourth-order valence-electron chi connectivity index (χ4n) is 15.7. The molecule has 574 valence electrons. The molecule has 0 heterocycles. The minimum atomic E-state index is -0.0818. The maximum absolute atomic E-state index is 13.9. The van der Waals surface area contributed by atoms with Crippen molar-refractivity contribution in [3.63, 3.8) is 0 Å². The number of carbonyl (C=O) groups is 5. The standard InChI is InChI=1S/C36H44N2O3.C33H40N2O.C29H32N2O2/c1-37(2)33-22-20-30(21-23-33)29-18-16-27(17-19-29)25-38(35(39)31-11-5-3-6-12-31)34-15-9-10-28(24-34)26-41-36(40)32-13-7-4-8-14-32;1-25(2)13-14-26-9-8-12-32(23-26)35(33(36)30-10-6-5-7-11-30)24-27-15-17-28(18-16-27)29-19-21-31(22-20-29)34(3)4;1-30(2)27-17-15-25(16-18-27)24-13-11-22(12-14-24)20-31(28-10-6-7-23(19-28)21-32)29(33)26-8-4-3-5-9-26/h9-10,15-24,31-32H,3-8,11-14,25-26H2,1-2H3;8-9,12-23,25,30H,5-7,10-11,24H2,1-4H3;6-7,10-19,21,26H,3-5,8-9,20H2,1-2H3/b;14-13+;. The van der Waals surface area contributed by atoms with Crippen LogP contribution in [0.4, 0.5) is 34.1 Å². The van der Waals surface area contributed by atoms with Crippen molar-refractivity contribution in [1.29, 1.82) is 0 Å². The van der Waals surface area contributed by atoms with Crippen LogP contribution < -0.4 is 29.4 Å². The highest BCUT2D eigenvalue weighted by atomic mass is 16.5. The van der Waals surface area contributed by atoms with E-state index in [1.54, 1.807) is 6.07 Å². The van der Waals surface area contributed by atoms with Gasteiger partial charge in [-0.1, -0.05) is 249 Å². The predicted octanol–water partition coefficient (Wildman–Crippen LogP) is 22.7. The highest BCUT2D eigenvalue weighted by Gasteiger charge is 2.31. The molecule has 12 heteroatoms. The molecule has 0 saturated heterocycles. The first-order valence-electron chi connectivity index (χ1n) is 40.6. The van der Waals surface area contributed by atoms with Gasteiger partial charge in [0.2, 0.25) is 17.7 Å².